The summed E-state index contributed by atoms with van der Waals surface area (Å²) in [5.41, 5.74) is 0.207. The van der Waals surface area contributed by atoms with Crippen LogP contribution in [0.3, 0.4) is 0 Å². The molecule has 1 aliphatic carbocycles. The van der Waals surface area contributed by atoms with Crippen LogP contribution < -0.4 is 5.32 Å². The molecule has 96 valence electrons. The molecule has 1 saturated carbocycles. The maximum absolute atomic E-state index is 12.0. The first-order chi connectivity index (χ1) is 8.50. The summed E-state index contributed by atoms with van der Waals surface area (Å²) in [7, 11) is 0. The Bertz CT molecular complexity index is 500. The maximum atomic E-state index is 12.0. The summed E-state index contributed by atoms with van der Waals surface area (Å²) < 4.78 is 0.232. The first-order valence-electron chi connectivity index (χ1n) is 5.74. The molecular weight excluding hydrogens is 300 g/mol. The molecule has 1 N–H and O–H groups in total. The van der Waals surface area contributed by atoms with Gasteiger partial charge >= 0.3 is 0 Å². The Kier molecular flexibility index (Phi) is 3.65. The van der Waals surface area contributed by atoms with E-state index in [-0.39, 0.29) is 22.1 Å². The Morgan fingerprint density at radius 3 is 2.78 bits per heavy atom. The van der Waals surface area contributed by atoms with E-state index in [2.05, 4.69) is 21.2 Å². The zero-order valence-corrected chi connectivity index (χ0v) is 11.4. The molecule has 1 aromatic rings. The van der Waals surface area contributed by atoms with Gasteiger partial charge in [-0.15, -0.1) is 0 Å². The first-order valence-corrected chi connectivity index (χ1v) is 6.53. The monoisotopic (exact) mass is 312 g/mol. The molecule has 18 heavy (non-hydrogen) atoms. The van der Waals surface area contributed by atoms with Crippen molar-refractivity contribution in [3.8, 4) is 0 Å². The lowest BCUT2D eigenvalue weighted by Gasteiger charge is -2.13. The van der Waals surface area contributed by atoms with E-state index in [4.69, 9.17) is 0 Å². The van der Waals surface area contributed by atoms with E-state index >= 15 is 0 Å². The number of carbonyl (C=O) groups is 1. The molecule has 0 radical (unpaired) electrons. The van der Waals surface area contributed by atoms with Gasteiger partial charge in [0.15, 0.2) is 0 Å². The molecule has 0 saturated heterocycles. The first kappa shape index (κ1) is 13.0. The van der Waals surface area contributed by atoms with Crippen LogP contribution in [0.15, 0.2) is 22.7 Å². The number of halogens is 1. The number of carbonyl (C=O) groups excluding carboxylic acids is 1. The minimum absolute atomic E-state index is 0.0956. The minimum atomic E-state index is -0.509. The lowest BCUT2D eigenvalue weighted by atomic mass is 10.1. The molecule has 1 aliphatic rings. The number of amides is 1. The molecule has 1 amide bonds. The van der Waals surface area contributed by atoms with Gasteiger partial charge in [0, 0.05) is 12.1 Å². The van der Waals surface area contributed by atoms with Gasteiger partial charge in [0.2, 0.25) is 0 Å². The second-order valence-electron chi connectivity index (χ2n) is 4.50. The summed E-state index contributed by atoms with van der Waals surface area (Å²) in [4.78, 5) is 22.3. The lowest BCUT2D eigenvalue weighted by molar-refractivity contribution is -0.385. The number of nitrogens with one attached hydrogen (secondary N) is 1. The highest BCUT2D eigenvalue weighted by Crippen LogP contribution is 2.33. The Morgan fingerprint density at radius 1 is 1.56 bits per heavy atom. The molecule has 0 heterocycles. The van der Waals surface area contributed by atoms with Gasteiger partial charge in [-0.1, -0.05) is 6.07 Å². The van der Waals surface area contributed by atoms with Crippen molar-refractivity contribution in [1.82, 2.24) is 5.32 Å². The van der Waals surface area contributed by atoms with Gasteiger partial charge in [0.1, 0.15) is 4.47 Å². The van der Waals surface area contributed by atoms with E-state index < -0.39 is 4.92 Å². The fourth-order valence-corrected chi connectivity index (χ4v) is 2.42. The highest BCUT2D eigenvalue weighted by atomic mass is 79.9. The van der Waals surface area contributed by atoms with Crippen molar-refractivity contribution in [1.29, 1.82) is 0 Å². The SMILES string of the molecule is CC(NC(=O)c1cccc([N+](=O)[O-])c1Br)C1CC1. The van der Waals surface area contributed by atoms with E-state index in [0.29, 0.717) is 11.5 Å². The molecule has 0 spiro atoms. The third-order valence-electron chi connectivity index (χ3n) is 3.11. The molecule has 2 rings (SSSR count). The lowest BCUT2D eigenvalue weighted by Crippen LogP contribution is -2.34. The topological polar surface area (TPSA) is 72.2 Å². The maximum Gasteiger partial charge on any atom is 0.284 e. The third-order valence-corrected chi connectivity index (χ3v) is 3.94. The molecule has 0 aromatic heterocycles. The highest BCUT2D eigenvalue weighted by Gasteiger charge is 2.30. The van der Waals surface area contributed by atoms with Crippen LogP contribution in [-0.4, -0.2) is 16.9 Å². The van der Waals surface area contributed by atoms with Crippen molar-refractivity contribution < 1.29 is 9.72 Å². The van der Waals surface area contributed by atoms with Crippen molar-refractivity contribution >= 4 is 27.5 Å². The summed E-state index contributed by atoms with van der Waals surface area (Å²) in [6, 6.07) is 4.57. The van der Waals surface area contributed by atoms with E-state index in [1.807, 2.05) is 6.92 Å². The average molecular weight is 313 g/mol. The normalized spacial score (nSPS) is 16.1. The highest BCUT2D eigenvalue weighted by molar-refractivity contribution is 9.10. The summed E-state index contributed by atoms with van der Waals surface area (Å²) in [6.07, 6.45) is 2.27. The van der Waals surface area contributed by atoms with E-state index in [9.17, 15) is 14.9 Å². The molecule has 5 nitrogen and oxygen atoms in total. The van der Waals surface area contributed by atoms with Gasteiger partial charge in [-0.25, -0.2) is 0 Å². The predicted octanol–water partition coefficient (Wildman–Crippen LogP) is 2.89. The molecule has 0 bridgehead atoms. The largest absolute Gasteiger partial charge is 0.349 e. The molecule has 1 atom stereocenters. The Morgan fingerprint density at radius 2 is 2.22 bits per heavy atom. The van der Waals surface area contributed by atoms with Gasteiger partial charge in [0.25, 0.3) is 11.6 Å². The van der Waals surface area contributed by atoms with Crippen molar-refractivity contribution in [3.63, 3.8) is 0 Å². The molecule has 1 unspecified atom stereocenters. The minimum Gasteiger partial charge on any atom is -0.349 e. The number of hydrogen-bond acceptors (Lipinski definition) is 3. The van der Waals surface area contributed by atoms with Gasteiger partial charge in [-0.05, 0) is 47.7 Å². The number of rotatable bonds is 4. The number of nitro groups is 1. The average Bonchev–Trinajstić information content (AvgIpc) is 3.12. The van der Waals surface area contributed by atoms with Gasteiger partial charge in [0.05, 0.1) is 10.5 Å². The summed E-state index contributed by atoms with van der Waals surface area (Å²) >= 11 is 3.12. The van der Waals surface area contributed by atoms with Crippen LogP contribution in [0.25, 0.3) is 0 Å². The fraction of sp³-hybridized carbons (Fsp3) is 0.417. The third kappa shape index (κ3) is 2.69. The van der Waals surface area contributed by atoms with E-state index in [1.165, 1.54) is 12.1 Å². The van der Waals surface area contributed by atoms with Crippen LogP contribution in [0, 0.1) is 16.0 Å². The van der Waals surface area contributed by atoms with Gasteiger partial charge in [-0.2, -0.15) is 0 Å². The van der Waals surface area contributed by atoms with Crippen LogP contribution in [0.1, 0.15) is 30.1 Å². The number of nitro benzene ring substituents is 1. The van der Waals surface area contributed by atoms with E-state index in [1.54, 1.807) is 6.07 Å². The predicted molar refractivity (Wildman–Crippen MR) is 70.4 cm³/mol. The summed E-state index contributed by atoms with van der Waals surface area (Å²) in [6.45, 7) is 1.96. The van der Waals surface area contributed by atoms with E-state index in [0.717, 1.165) is 12.8 Å². The standard InChI is InChI=1S/C12H13BrN2O3/c1-7(8-5-6-8)14-12(16)9-3-2-4-10(11(9)13)15(17)18/h2-4,7-8H,5-6H2,1H3,(H,14,16). The number of benzene rings is 1. The number of hydrogen-bond donors (Lipinski definition) is 1. The van der Waals surface area contributed by atoms with Crippen molar-refractivity contribution in [3.05, 3.63) is 38.3 Å². The van der Waals surface area contributed by atoms with Crippen LogP contribution in [0.4, 0.5) is 5.69 Å². The van der Waals surface area contributed by atoms with Crippen LogP contribution in [0.5, 0.6) is 0 Å². The van der Waals surface area contributed by atoms with Crippen molar-refractivity contribution in [2.24, 2.45) is 5.92 Å². The second-order valence-corrected chi connectivity index (χ2v) is 5.29. The quantitative estimate of drug-likeness (QED) is 0.686. The van der Waals surface area contributed by atoms with Crippen LogP contribution >= 0.6 is 15.9 Å². The zero-order chi connectivity index (χ0) is 13.3. The van der Waals surface area contributed by atoms with Crippen molar-refractivity contribution in [2.45, 2.75) is 25.8 Å². The summed E-state index contributed by atoms with van der Waals surface area (Å²) in [5.74, 6) is 0.274. The van der Waals surface area contributed by atoms with Crippen LogP contribution in [-0.2, 0) is 0 Å². The molecule has 6 heteroatoms. The molecule has 1 aromatic carbocycles. The number of nitrogens with zero attached hydrogens (tertiary/aromatic N) is 1. The van der Waals surface area contributed by atoms with Crippen molar-refractivity contribution in [2.75, 3.05) is 0 Å². The second kappa shape index (κ2) is 5.06. The Labute approximate surface area is 113 Å². The smallest absolute Gasteiger partial charge is 0.284 e. The van der Waals surface area contributed by atoms with Gasteiger partial charge in [-0.3, -0.25) is 14.9 Å². The zero-order valence-electron chi connectivity index (χ0n) is 9.85. The fourth-order valence-electron chi connectivity index (χ4n) is 1.83. The Hall–Kier alpha value is -1.43. The Balaban J connectivity index is 2.19. The van der Waals surface area contributed by atoms with Crippen LogP contribution in [0.2, 0.25) is 0 Å². The molecule has 1 fully saturated rings. The molecular formula is C12H13BrN2O3. The van der Waals surface area contributed by atoms with Gasteiger partial charge < -0.3 is 5.32 Å². The molecule has 0 aliphatic heterocycles. The summed E-state index contributed by atoms with van der Waals surface area (Å²) in [5, 5.41) is 13.7.